The highest BCUT2D eigenvalue weighted by Gasteiger charge is 2.40. The fourth-order valence-electron chi connectivity index (χ4n) is 3.62. The van der Waals surface area contributed by atoms with Crippen LogP contribution in [0, 0.1) is 0 Å². The number of carbonyl (C=O) groups is 2. The van der Waals surface area contributed by atoms with Crippen molar-refractivity contribution in [3.63, 3.8) is 0 Å². The summed E-state index contributed by atoms with van der Waals surface area (Å²) in [5.41, 5.74) is 0.0779. The lowest BCUT2D eigenvalue weighted by Gasteiger charge is -2.37. The number of hydrogen-bond acceptors (Lipinski definition) is 4. The van der Waals surface area contributed by atoms with E-state index < -0.39 is 35.1 Å². The lowest BCUT2D eigenvalue weighted by Crippen LogP contribution is -2.49. The number of carbonyl (C=O) groups excluding carboxylic acids is 2. The molecule has 1 heterocycles. The van der Waals surface area contributed by atoms with Crippen LogP contribution < -0.4 is 5.32 Å². The molecule has 1 aliphatic rings. The Morgan fingerprint density at radius 1 is 1.00 bits per heavy atom. The molecule has 1 saturated heterocycles. The number of aliphatic hydroxyl groups is 1. The van der Waals surface area contributed by atoms with Crippen molar-refractivity contribution in [2.75, 3.05) is 18.4 Å². The van der Waals surface area contributed by atoms with Gasteiger partial charge in [-0.05, 0) is 35.2 Å². The average molecular weight is 464 g/mol. The maximum atomic E-state index is 13.2. The number of amides is 2. The van der Waals surface area contributed by atoms with Crippen molar-refractivity contribution in [3.8, 4) is 0 Å². The Labute approximate surface area is 190 Å². The van der Waals surface area contributed by atoms with Gasteiger partial charge in [-0.2, -0.15) is 13.2 Å². The normalized spacial score (nSPS) is 16.3. The van der Waals surface area contributed by atoms with Crippen molar-refractivity contribution in [1.82, 2.24) is 4.90 Å². The van der Waals surface area contributed by atoms with E-state index in [0.29, 0.717) is 5.69 Å². The van der Waals surface area contributed by atoms with Crippen LogP contribution in [0.2, 0.25) is 0 Å². The fourth-order valence-corrected chi connectivity index (χ4v) is 3.62. The van der Waals surface area contributed by atoms with Gasteiger partial charge >= 0.3 is 12.3 Å². The first-order valence-electron chi connectivity index (χ1n) is 10.6. The maximum Gasteiger partial charge on any atom is 0.417 e. The molecule has 0 bridgehead atoms. The molecular weight excluding hydrogens is 437 g/mol. The monoisotopic (exact) mass is 464 g/mol. The number of halogens is 3. The molecule has 9 heteroatoms. The zero-order valence-electron chi connectivity index (χ0n) is 18.7. The van der Waals surface area contributed by atoms with Crippen molar-refractivity contribution in [2.45, 2.75) is 51.0 Å². The number of anilines is 1. The molecule has 2 aromatic carbocycles. The Bertz CT molecular complexity index is 1010. The molecule has 33 heavy (non-hydrogen) atoms. The van der Waals surface area contributed by atoms with Gasteiger partial charge in [0, 0.05) is 31.6 Å². The van der Waals surface area contributed by atoms with E-state index in [1.165, 1.54) is 17.0 Å². The number of nitrogens with zero attached hydrogens (tertiary/aromatic N) is 1. The molecule has 3 rings (SSSR count). The van der Waals surface area contributed by atoms with E-state index >= 15 is 0 Å². The molecule has 2 N–H and O–H groups in total. The zero-order chi connectivity index (χ0) is 24.4. The SMILES string of the molecule is CC(C)(C)c1ccc(NC(=O)OC2(O)CCN(C(=O)c3ccccc3C(F)(F)F)CC2)cc1. The molecule has 1 aliphatic heterocycles. The minimum atomic E-state index is -4.66. The first-order chi connectivity index (χ1) is 15.3. The summed E-state index contributed by atoms with van der Waals surface area (Å²) in [6, 6.07) is 11.8. The van der Waals surface area contributed by atoms with Crippen LogP contribution in [0.25, 0.3) is 0 Å². The molecule has 0 radical (unpaired) electrons. The molecule has 0 aliphatic carbocycles. The van der Waals surface area contributed by atoms with Crippen molar-refractivity contribution in [2.24, 2.45) is 0 Å². The molecular formula is C24H27F3N2O4. The van der Waals surface area contributed by atoms with Crippen LogP contribution in [0.5, 0.6) is 0 Å². The summed E-state index contributed by atoms with van der Waals surface area (Å²) in [7, 11) is 0. The number of nitrogens with one attached hydrogen (secondary N) is 1. The van der Waals surface area contributed by atoms with Crippen LogP contribution in [0.15, 0.2) is 48.5 Å². The molecule has 0 atom stereocenters. The third-order valence-electron chi connectivity index (χ3n) is 5.57. The zero-order valence-corrected chi connectivity index (χ0v) is 18.7. The van der Waals surface area contributed by atoms with Crippen LogP contribution in [0.4, 0.5) is 23.7 Å². The van der Waals surface area contributed by atoms with Crippen LogP contribution in [-0.2, 0) is 16.3 Å². The van der Waals surface area contributed by atoms with Gasteiger partial charge in [-0.25, -0.2) is 4.79 Å². The topological polar surface area (TPSA) is 78.9 Å². The van der Waals surface area contributed by atoms with Crippen molar-refractivity contribution >= 4 is 17.7 Å². The smallest absolute Gasteiger partial charge is 0.417 e. The summed E-state index contributed by atoms with van der Waals surface area (Å²) in [5.74, 6) is -2.61. The molecule has 2 amide bonds. The van der Waals surface area contributed by atoms with E-state index in [4.69, 9.17) is 4.74 Å². The third kappa shape index (κ3) is 6.04. The largest absolute Gasteiger partial charge is 0.417 e. The van der Waals surface area contributed by atoms with Gasteiger partial charge in [0.1, 0.15) is 0 Å². The number of alkyl halides is 3. The molecule has 2 aromatic rings. The second-order valence-electron chi connectivity index (χ2n) is 9.12. The third-order valence-corrected chi connectivity index (χ3v) is 5.57. The second kappa shape index (κ2) is 9.05. The van der Waals surface area contributed by atoms with Gasteiger partial charge in [-0.15, -0.1) is 0 Å². The summed E-state index contributed by atoms with van der Waals surface area (Å²) < 4.78 is 44.9. The quantitative estimate of drug-likeness (QED) is 0.614. The van der Waals surface area contributed by atoms with E-state index in [1.54, 1.807) is 12.1 Å². The fraction of sp³-hybridized carbons (Fsp3) is 0.417. The number of benzene rings is 2. The predicted octanol–water partition coefficient (Wildman–Crippen LogP) is 5.18. The van der Waals surface area contributed by atoms with Crippen molar-refractivity contribution in [3.05, 3.63) is 65.2 Å². The van der Waals surface area contributed by atoms with E-state index in [0.717, 1.165) is 17.7 Å². The molecule has 0 saturated carbocycles. The number of likely N-dealkylation sites (tertiary alicyclic amines) is 1. The highest BCUT2D eigenvalue weighted by atomic mass is 19.4. The van der Waals surface area contributed by atoms with Crippen LogP contribution in [0.1, 0.15) is 55.1 Å². The van der Waals surface area contributed by atoms with E-state index in [1.807, 2.05) is 12.1 Å². The predicted molar refractivity (Wildman–Crippen MR) is 117 cm³/mol. The average Bonchev–Trinajstić information content (AvgIpc) is 2.72. The minimum Gasteiger partial charge on any atom is -0.417 e. The molecule has 178 valence electrons. The summed E-state index contributed by atoms with van der Waals surface area (Å²) >= 11 is 0. The van der Waals surface area contributed by atoms with Gasteiger partial charge in [0.15, 0.2) is 0 Å². The molecule has 6 nitrogen and oxygen atoms in total. The first-order valence-corrected chi connectivity index (χ1v) is 10.6. The Kier molecular flexibility index (Phi) is 6.74. The van der Waals surface area contributed by atoms with Crippen LogP contribution in [-0.4, -0.2) is 40.9 Å². The lowest BCUT2D eigenvalue weighted by molar-refractivity contribution is -0.182. The molecule has 0 unspecified atom stereocenters. The lowest BCUT2D eigenvalue weighted by atomic mass is 9.87. The van der Waals surface area contributed by atoms with Gasteiger partial charge in [-0.3, -0.25) is 10.1 Å². The van der Waals surface area contributed by atoms with Gasteiger partial charge < -0.3 is 14.7 Å². The molecule has 0 spiro atoms. The first kappa shape index (κ1) is 24.6. The summed E-state index contributed by atoms with van der Waals surface area (Å²) in [4.78, 5) is 26.1. The Morgan fingerprint density at radius 3 is 2.12 bits per heavy atom. The minimum absolute atomic E-state index is 0.0415. The van der Waals surface area contributed by atoms with Gasteiger partial charge in [-0.1, -0.05) is 45.0 Å². The second-order valence-corrected chi connectivity index (χ2v) is 9.12. The Morgan fingerprint density at radius 2 is 1.58 bits per heavy atom. The van der Waals surface area contributed by atoms with Crippen molar-refractivity contribution in [1.29, 1.82) is 0 Å². The van der Waals surface area contributed by atoms with Gasteiger partial charge in [0.2, 0.25) is 5.79 Å². The number of rotatable bonds is 3. The number of hydrogen-bond donors (Lipinski definition) is 2. The van der Waals surface area contributed by atoms with Gasteiger partial charge in [0.25, 0.3) is 5.91 Å². The summed E-state index contributed by atoms with van der Waals surface area (Å²) in [5, 5.41) is 13.2. The molecule has 1 fully saturated rings. The Balaban J connectivity index is 1.59. The summed E-state index contributed by atoms with van der Waals surface area (Å²) in [6.07, 6.45) is -5.76. The van der Waals surface area contributed by atoms with E-state index in [9.17, 15) is 27.9 Å². The molecule has 0 aromatic heterocycles. The highest BCUT2D eigenvalue weighted by Crippen LogP contribution is 2.33. The van der Waals surface area contributed by atoms with Crippen molar-refractivity contribution < 1.29 is 32.6 Å². The standard InChI is InChI=1S/C24H27F3N2O4/c1-22(2,3)16-8-10-17(11-9-16)28-21(31)33-23(32)12-14-29(15-13-23)20(30)18-6-4-5-7-19(18)24(25,26)27/h4-11,32H,12-15H2,1-3H3,(H,28,31). The summed E-state index contributed by atoms with van der Waals surface area (Å²) in [6.45, 7) is 6.08. The van der Waals surface area contributed by atoms with E-state index in [2.05, 4.69) is 26.1 Å². The van der Waals surface area contributed by atoms with Crippen LogP contribution in [0.3, 0.4) is 0 Å². The number of ether oxygens (including phenoxy) is 1. The van der Waals surface area contributed by atoms with Gasteiger partial charge in [0.05, 0.1) is 11.1 Å². The maximum absolute atomic E-state index is 13.2. The highest BCUT2D eigenvalue weighted by molar-refractivity contribution is 5.96. The number of piperidine rings is 1. The Hall–Kier alpha value is -3.07. The van der Waals surface area contributed by atoms with Crippen LogP contribution >= 0.6 is 0 Å². The van der Waals surface area contributed by atoms with E-state index in [-0.39, 0.29) is 31.3 Å².